The Balaban J connectivity index is 1.56. The Morgan fingerprint density at radius 2 is 2.09 bits per heavy atom. The van der Waals surface area contributed by atoms with Gasteiger partial charge in [0.2, 0.25) is 0 Å². The summed E-state index contributed by atoms with van der Waals surface area (Å²) in [5.41, 5.74) is 1.13. The van der Waals surface area contributed by atoms with E-state index in [4.69, 9.17) is 4.74 Å². The maximum absolute atomic E-state index is 5.67. The molecule has 0 bridgehead atoms. The number of anilines is 1. The van der Waals surface area contributed by atoms with Crippen LogP contribution in [0.5, 0.6) is 0 Å². The summed E-state index contributed by atoms with van der Waals surface area (Å²) in [5.74, 6) is 1.72. The second kappa shape index (κ2) is 6.92. The number of rotatable bonds is 6. The number of hydrogen-bond donors (Lipinski definition) is 0. The van der Waals surface area contributed by atoms with Gasteiger partial charge in [0.25, 0.3) is 0 Å². The van der Waals surface area contributed by atoms with Crippen LogP contribution in [0.2, 0.25) is 0 Å². The van der Waals surface area contributed by atoms with Gasteiger partial charge in [0.1, 0.15) is 0 Å². The summed E-state index contributed by atoms with van der Waals surface area (Å²) >= 11 is 0. The number of ether oxygens (including phenoxy) is 1. The van der Waals surface area contributed by atoms with Gasteiger partial charge in [-0.15, -0.1) is 5.10 Å². The lowest BCUT2D eigenvalue weighted by molar-refractivity contribution is -0.0347. The van der Waals surface area contributed by atoms with E-state index in [1.807, 2.05) is 19.0 Å². The minimum Gasteiger partial charge on any atom is -0.378 e. The van der Waals surface area contributed by atoms with E-state index in [1.54, 1.807) is 0 Å². The van der Waals surface area contributed by atoms with Crippen LogP contribution in [-0.2, 0) is 4.74 Å². The van der Waals surface area contributed by atoms with Gasteiger partial charge in [-0.05, 0) is 57.2 Å². The summed E-state index contributed by atoms with van der Waals surface area (Å²) in [6.07, 6.45) is 5.43. The molecule has 0 radical (unpaired) electrons. The highest BCUT2D eigenvalue weighted by Crippen LogP contribution is 2.36. The Hall–Kier alpha value is -1.20. The predicted octanol–water partition coefficient (Wildman–Crippen LogP) is 2.49. The van der Waals surface area contributed by atoms with Crippen molar-refractivity contribution in [2.75, 3.05) is 38.7 Å². The molecule has 1 saturated heterocycles. The van der Waals surface area contributed by atoms with Crippen LogP contribution in [0.15, 0.2) is 12.1 Å². The summed E-state index contributed by atoms with van der Waals surface area (Å²) in [4.78, 5) is 4.59. The highest BCUT2D eigenvalue weighted by Gasteiger charge is 2.35. The number of aromatic nitrogens is 2. The summed E-state index contributed by atoms with van der Waals surface area (Å²) < 4.78 is 5.67. The minimum atomic E-state index is 0.454. The zero-order valence-electron chi connectivity index (χ0n) is 14.0. The molecule has 1 aliphatic carbocycles. The lowest BCUT2D eigenvalue weighted by Crippen LogP contribution is -2.39. The highest BCUT2D eigenvalue weighted by atomic mass is 16.5. The quantitative estimate of drug-likeness (QED) is 0.807. The fourth-order valence-electron chi connectivity index (χ4n) is 3.66. The predicted molar refractivity (Wildman–Crippen MR) is 88.0 cm³/mol. The molecular formula is C17H28N4O. The van der Waals surface area contributed by atoms with E-state index in [-0.39, 0.29) is 0 Å². The standard InChI is InChI=1S/C17H28N4O/c1-4-22-14-10-13(11-14)12-21-9-5-6-16(21)15-7-8-17(19-18-15)20(2)3/h7-8,13-14,16H,4-6,9-12H2,1-3H3. The summed E-state index contributed by atoms with van der Waals surface area (Å²) in [6.45, 7) is 5.31. The molecule has 5 nitrogen and oxygen atoms in total. The fourth-order valence-corrected chi connectivity index (χ4v) is 3.66. The van der Waals surface area contributed by atoms with Crippen LogP contribution in [0.4, 0.5) is 5.82 Å². The van der Waals surface area contributed by atoms with E-state index in [2.05, 4.69) is 34.2 Å². The van der Waals surface area contributed by atoms with Crippen molar-refractivity contribution in [1.29, 1.82) is 0 Å². The third-order valence-electron chi connectivity index (χ3n) is 4.92. The third-order valence-corrected chi connectivity index (χ3v) is 4.92. The Morgan fingerprint density at radius 3 is 2.73 bits per heavy atom. The van der Waals surface area contributed by atoms with Crippen molar-refractivity contribution >= 4 is 5.82 Å². The van der Waals surface area contributed by atoms with Gasteiger partial charge < -0.3 is 9.64 Å². The molecule has 2 heterocycles. The largest absolute Gasteiger partial charge is 0.378 e. The van der Waals surface area contributed by atoms with Gasteiger partial charge in [0.05, 0.1) is 17.8 Å². The summed E-state index contributed by atoms with van der Waals surface area (Å²) in [5, 5.41) is 8.81. The third kappa shape index (κ3) is 3.41. The van der Waals surface area contributed by atoms with Crippen LogP contribution in [0.25, 0.3) is 0 Å². The van der Waals surface area contributed by atoms with Gasteiger partial charge in [-0.1, -0.05) is 0 Å². The van der Waals surface area contributed by atoms with E-state index < -0.39 is 0 Å². The van der Waals surface area contributed by atoms with Crippen LogP contribution >= 0.6 is 0 Å². The monoisotopic (exact) mass is 304 g/mol. The second-order valence-corrected chi connectivity index (χ2v) is 6.78. The molecule has 0 amide bonds. The zero-order chi connectivity index (χ0) is 15.5. The van der Waals surface area contributed by atoms with Crippen LogP contribution in [0.1, 0.15) is 44.3 Å². The van der Waals surface area contributed by atoms with E-state index in [9.17, 15) is 0 Å². The van der Waals surface area contributed by atoms with Gasteiger partial charge in [-0.2, -0.15) is 5.10 Å². The Morgan fingerprint density at radius 1 is 1.27 bits per heavy atom. The molecule has 122 valence electrons. The fraction of sp³-hybridized carbons (Fsp3) is 0.765. The molecule has 1 aliphatic heterocycles. The summed E-state index contributed by atoms with van der Waals surface area (Å²) in [6, 6.07) is 4.68. The first-order chi connectivity index (χ1) is 10.7. The number of hydrogen-bond acceptors (Lipinski definition) is 5. The average molecular weight is 304 g/mol. The molecule has 1 aromatic heterocycles. The molecule has 2 aliphatic rings. The Bertz CT molecular complexity index is 470. The van der Waals surface area contributed by atoms with Gasteiger partial charge >= 0.3 is 0 Å². The van der Waals surface area contributed by atoms with Crippen molar-refractivity contribution in [2.45, 2.75) is 44.8 Å². The highest BCUT2D eigenvalue weighted by molar-refractivity contribution is 5.35. The molecule has 2 fully saturated rings. The van der Waals surface area contributed by atoms with Gasteiger partial charge in [-0.25, -0.2) is 0 Å². The lowest BCUT2D eigenvalue weighted by Gasteiger charge is -2.38. The van der Waals surface area contributed by atoms with Crippen molar-refractivity contribution in [1.82, 2.24) is 15.1 Å². The van der Waals surface area contributed by atoms with Crippen LogP contribution in [-0.4, -0.2) is 55.0 Å². The van der Waals surface area contributed by atoms with Crippen LogP contribution < -0.4 is 4.90 Å². The first-order valence-electron chi connectivity index (χ1n) is 8.54. The molecule has 1 saturated carbocycles. The second-order valence-electron chi connectivity index (χ2n) is 6.78. The smallest absolute Gasteiger partial charge is 0.150 e. The molecule has 0 spiro atoms. The molecule has 1 atom stereocenters. The normalized spacial score (nSPS) is 28.6. The first kappa shape index (κ1) is 15.7. The molecule has 1 aromatic rings. The topological polar surface area (TPSA) is 41.5 Å². The van der Waals surface area contributed by atoms with Gasteiger partial charge in [0, 0.05) is 27.2 Å². The molecule has 0 aromatic carbocycles. The molecule has 0 N–H and O–H groups in total. The number of likely N-dealkylation sites (tertiary alicyclic amines) is 1. The van der Waals surface area contributed by atoms with E-state index in [0.717, 1.165) is 24.0 Å². The minimum absolute atomic E-state index is 0.454. The van der Waals surface area contributed by atoms with Gasteiger partial charge in [0.15, 0.2) is 5.82 Å². The van der Waals surface area contributed by atoms with Crippen molar-refractivity contribution in [2.24, 2.45) is 5.92 Å². The van der Waals surface area contributed by atoms with E-state index in [0.29, 0.717) is 12.1 Å². The number of nitrogens with zero attached hydrogens (tertiary/aromatic N) is 4. The summed E-state index contributed by atoms with van der Waals surface area (Å²) in [7, 11) is 3.99. The molecule has 5 heteroatoms. The lowest BCUT2D eigenvalue weighted by atomic mass is 9.81. The van der Waals surface area contributed by atoms with E-state index in [1.165, 1.54) is 38.8 Å². The Kier molecular flexibility index (Phi) is 4.93. The maximum Gasteiger partial charge on any atom is 0.150 e. The van der Waals surface area contributed by atoms with Crippen molar-refractivity contribution < 1.29 is 4.74 Å². The van der Waals surface area contributed by atoms with Crippen molar-refractivity contribution in [3.63, 3.8) is 0 Å². The first-order valence-corrected chi connectivity index (χ1v) is 8.54. The van der Waals surface area contributed by atoms with Crippen LogP contribution in [0.3, 0.4) is 0 Å². The zero-order valence-corrected chi connectivity index (χ0v) is 14.0. The maximum atomic E-state index is 5.67. The Labute approximate surface area is 133 Å². The molecule has 22 heavy (non-hydrogen) atoms. The van der Waals surface area contributed by atoms with Crippen molar-refractivity contribution in [3.8, 4) is 0 Å². The average Bonchev–Trinajstić information content (AvgIpc) is 2.93. The molecular weight excluding hydrogens is 276 g/mol. The molecule has 3 rings (SSSR count). The molecule has 1 unspecified atom stereocenters. The van der Waals surface area contributed by atoms with Crippen molar-refractivity contribution in [3.05, 3.63) is 17.8 Å². The SMILES string of the molecule is CCOC1CC(CN2CCCC2c2ccc(N(C)C)nn2)C1. The van der Waals surface area contributed by atoms with Gasteiger partial charge in [-0.3, -0.25) is 4.90 Å². The van der Waals surface area contributed by atoms with E-state index >= 15 is 0 Å². The van der Waals surface area contributed by atoms with Crippen LogP contribution in [0, 0.1) is 5.92 Å².